The molecule has 2 rings (SSSR count). The number of para-hydroxylation sites is 1. The number of nitrogens with two attached hydrogens (primary N) is 1. The number of carbonyl (C=O) groups is 4. The van der Waals surface area contributed by atoms with Crippen LogP contribution in [-0.4, -0.2) is 80.9 Å². The summed E-state index contributed by atoms with van der Waals surface area (Å²) in [6, 6.07) is 2.44. The number of aliphatic hydroxyl groups is 2. The van der Waals surface area contributed by atoms with Crippen LogP contribution in [0.15, 0.2) is 30.5 Å². The predicted molar refractivity (Wildman–Crippen MR) is 132 cm³/mol. The maximum atomic E-state index is 12.9. The fourth-order valence-electron chi connectivity index (χ4n) is 3.72. The van der Waals surface area contributed by atoms with Crippen molar-refractivity contribution < 1.29 is 34.5 Å². The smallest absolute Gasteiger partial charge is 0.328 e. The van der Waals surface area contributed by atoms with E-state index in [1.54, 1.807) is 6.20 Å². The van der Waals surface area contributed by atoms with Gasteiger partial charge in [0.1, 0.15) is 12.1 Å². The van der Waals surface area contributed by atoms with Crippen LogP contribution in [0.25, 0.3) is 10.9 Å². The number of aromatic amines is 1. The van der Waals surface area contributed by atoms with Gasteiger partial charge in [0.05, 0.1) is 18.8 Å². The maximum Gasteiger partial charge on any atom is 0.328 e. The Morgan fingerprint density at radius 1 is 0.972 bits per heavy atom. The number of carboxylic acids is 1. The van der Waals surface area contributed by atoms with Crippen molar-refractivity contribution in [3.63, 3.8) is 0 Å². The molecule has 0 aliphatic carbocycles. The third kappa shape index (κ3) is 7.77. The van der Waals surface area contributed by atoms with Crippen molar-refractivity contribution in [1.29, 1.82) is 0 Å². The number of benzene rings is 1. The fraction of sp³-hybridized carbons (Fsp3) is 0.500. The van der Waals surface area contributed by atoms with Crippen LogP contribution in [0, 0.1) is 5.92 Å². The molecular formula is C24H35N5O7. The normalized spacial score (nSPS) is 15.5. The van der Waals surface area contributed by atoms with Crippen molar-refractivity contribution >= 4 is 34.6 Å². The minimum absolute atomic E-state index is 0.0149. The molecule has 0 radical (unpaired) electrons. The first kappa shape index (κ1) is 28.8. The molecular weight excluding hydrogens is 470 g/mol. The molecule has 0 spiro atoms. The van der Waals surface area contributed by atoms with Crippen molar-refractivity contribution in [1.82, 2.24) is 20.9 Å². The number of aliphatic hydroxyl groups excluding tert-OH is 2. The maximum absolute atomic E-state index is 12.9. The molecule has 12 nitrogen and oxygen atoms in total. The largest absolute Gasteiger partial charge is 0.480 e. The lowest BCUT2D eigenvalue weighted by molar-refractivity contribution is -0.145. The van der Waals surface area contributed by atoms with Crippen LogP contribution in [0.1, 0.15) is 32.8 Å². The average Bonchev–Trinajstić information content (AvgIpc) is 3.22. The van der Waals surface area contributed by atoms with Gasteiger partial charge in [0.25, 0.3) is 0 Å². The van der Waals surface area contributed by atoms with Crippen LogP contribution < -0.4 is 21.7 Å². The Balaban J connectivity index is 2.07. The highest BCUT2D eigenvalue weighted by Crippen LogP contribution is 2.19. The van der Waals surface area contributed by atoms with Gasteiger partial charge < -0.3 is 42.0 Å². The van der Waals surface area contributed by atoms with Gasteiger partial charge in [0, 0.05) is 17.1 Å². The zero-order valence-electron chi connectivity index (χ0n) is 20.5. The first-order valence-electron chi connectivity index (χ1n) is 11.7. The second-order valence-electron chi connectivity index (χ2n) is 9.17. The minimum atomic E-state index is -1.63. The van der Waals surface area contributed by atoms with Gasteiger partial charge in [-0.2, -0.15) is 0 Å². The molecule has 0 aliphatic rings. The lowest BCUT2D eigenvalue weighted by Gasteiger charge is -2.25. The zero-order valence-corrected chi connectivity index (χ0v) is 20.5. The van der Waals surface area contributed by atoms with Gasteiger partial charge in [-0.3, -0.25) is 14.4 Å². The van der Waals surface area contributed by atoms with Crippen molar-refractivity contribution in [2.24, 2.45) is 11.7 Å². The van der Waals surface area contributed by atoms with Crippen LogP contribution in [0.3, 0.4) is 0 Å². The molecule has 9 N–H and O–H groups in total. The molecule has 0 fully saturated rings. The number of aliphatic carboxylic acids is 1. The van der Waals surface area contributed by atoms with Crippen molar-refractivity contribution in [3.8, 4) is 0 Å². The molecule has 0 bridgehead atoms. The Morgan fingerprint density at radius 2 is 1.58 bits per heavy atom. The number of aromatic nitrogens is 1. The van der Waals surface area contributed by atoms with Gasteiger partial charge in [-0.1, -0.05) is 32.0 Å². The van der Waals surface area contributed by atoms with Gasteiger partial charge in [0.2, 0.25) is 17.7 Å². The summed E-state index contributed by atoms with van der Waals surface area (Å²) in [4.78, 5) is 52.5. The molecule has 1 heterocycles. The van der Waals surface area contributed by atoms with E-state index in [1.165, 1.54) is 6.92 Å². The predicted octanol–water partition coefficient (Wildman–Crippen LogP) is -1.00. The molecule has 12 heteroatoms. The summed E-state index contributed by atoms with van der Waals surface area (Å²) in [6.45, 7) is 4.04. The first-order chi connectivity index (χ1) is 16.9. The third-order valence-corrected chi connectivity index (χ3v) is 5.65. The van der Waals surface area contributed by atoms with Crippen molar-refractivity contribution in [2.45, 2.75) is 63.9 Å². The summed E-state index contributed by atoms with van der Waals surface area (Å²) in [5.41, 5.74) is 7.88. The molecule has 198 valence electrons. The molecule has 0 aliphatic heterocycles. The number of H-pyrrole nitrogens is 1. The van der Waals surface area contributed by atoms with Crippen LogP contribution in [0.2, 0.25) is 0 Å². The van der Waals surface area contributed by atoms with Gasteiger partial charge in [-0.25, -0.2) is 4.79 Å². The monoisotopic (exact) mass is 505 g/mol. The average molecular weight is 506 g/mol. The molecule has 2 aromatic rings. The molecule has 5 atom stereocenters. The number of rotatable bonds is 13. The van der Waals surface area contributed by atoms with Gasteiger partial charge in [-0.15, -0.1) is 0 Å². The molecule has 3 amide bonds. The van der Waals surface area contributed by atoms with Crippen molar-refractivity contribution in [2.75, 3.05) is 6.61 Å². The quantitative estimate of drug-likeness (QED) is 0.169. The summed E-state index contributed by atoms with van der Waals surface area (Å²) in [6.07, 6.45) is 0.817. The Hall–Kier alpha value is -3.48. The highest BCUT2D eigenvalue weighted by molar-refractivity contribution is 5.94. The fourth-order valence-corrected chi connectivity index (χ4v) is 3.72. The number of hydrogen-bond acceptors (Lipinski definition) is 7. The van der Waals surface area contributed by atoms with E-state index in [0.717, 1.165) is 16.5 Å². The Kier molecular flexibility index (Phi) is 10.4. The topological polar surface area (TPSA) is 207 Å². The van der Waals surface area contributed by atoms with E-state index in [9.17, 15) is 29.4 Å². The Labute approximate surface area is 208 Å². The second-order valence-corrected chi connectivity index (χ2v) is 9.17. The number of amides is 3. The number of carboxylic acid groups (broad SMARTS) is 1. The SMILES string of the molecule is CC(C)C[C@H](NC(=O)[C@@H](N)Cc1c[nH]c2ccccc12)C(=O)N[C@@H](CO)C(=O)N[C@H](C(=O)O)[C@@H](C)O. The Bertz CT molecular complexity index is 1070. The number of nitrogens with one attached hydrogen (secondary N) is 4. The molecule has 0 saturated heterocycles. The van der Waals surface area contributed by atoms with Gasteiger partial charge in [-0.05, 0) is 37.3 Å². The zero-order chi connectivity index (χ0) is 27.0. The van der Waals surface area contributed by atoms with E-state index in [1.807, 2.05) is 38.1 Å². The molecule has 36 heavy (non-hydrogen) atoms. The van der Waals surface area contributed by atoms with Gasteiger partial charge in [0.15, 0.2) is 6.04 Å². The summed E-state index contributed by atoms with van der Waals surface area (Å²) in [5, 5.41) is 36.3. The number of carbonyl (C=O) groups excluding carboxylic acids is 3. The van der Waals surface area contributed by atoms with Crippen LogP contribution in [0.5, 0.6) is 0 Å². The van der Waals surface area contributed by atoms with Crippen LogP contribution >= 0.6 is 0 Å². The molecule has 1 aromatic heterocycles. The third-order valence-electron chi connectivity index (χ3n) is 5.65. The summed E-state index contributed by atoms with van der Waals surface area (Å²) < 4.78 is 0. The lowest BCUT2D eigenvalue weighted by atomic mass is 10.0. The van der Waals surface area contributed by atoms with E-state index in [-0.39, 0.29) is 18.8 Å². The number of hydrogen-bond donors (Lipinski definition) is 8. The van der Waals surface area contributed by atoms with E-state index in [0.29, 0.717) is 0 Å². The van der Waals surface area contributed by atoms with Gasteiger partial charge >= 0.3 is 5.97 Å². The highest BCUT2D eigenvalue weighted by atomic mass is 16.4. The number of fused-ring (bicyclic) bond motifs is 1. The first-order valence-corrected chi connectivity index (χ1v) is 11.7. The van der Waals surface area contributed by atoms with E-state index < -0.39 is 60.6 Å². The standard InChI is InChI=1S/C24H35N5O7/c1-12(2)8-18(22(33)28-19(11-30)23(34)29-20(13(3)31)24(35)36)27-21(32)16(25)9-14-10-26-17-7-5-4-6-15(14)17/h4-7,10,12-13,16,18-20,26,30-31H,8-9,11,25H2,1-3H3,(H,27,32)(H,28,33)(H,29,34)(H,35,36)/t13-,16+,18+,19+,20+/m1/s1. The summed E-state index contributed by atoms with van der Waals surface area (Å²) in [7, 11) is 0. The van der Waals surface area contributed by atoms with Crippen LogP contribution in [0.4, 0.5) is 0 Å². The highest BCUT2D eigenvalue weighted by Gasteiger charge is 2.32. The van der Waals surface area contributed by atoms with Crippen LogP contribution in [-0.2, 0) is 25.6 Å². The minimum Gasteiger partial charge on any atom is -0.480 e. The molecule has 1 aromatic carbocycles. The van der Waals surface area contributed by atoms with E-state index in [2.05, 4.69) is 20.9 Å². The molecule has 0 unspecified atom stereocenters. The Morgan fingerprint density at radius 3 is 2.17 bits per heavy atom. The second kappa shape index (κ2) is 13.0. The van der Waals surface area contributed by atoms with E-state index >= 15 is 0 Å². The summed E-state index contributed by atoms with van der Waals surface area (Å²) in [5.74, 6) is -3.79. The lowest BCUT2D eigenvalue weighted by Crippen LogP contribution is -2.59. The van der Waals surface area contributed by atoms with E-state index in [4.69, 9.17) is 10.8 Å². The molecule has 0 saturated carbocycles. The summed E-state index contributed by atoms with van der Waals surface area (Å²) >= 11 is 0. The van der Waals surface area contributed by atoms with Crippen molar-refractivity contribution in [3.05, 3.63) is 36.0 Å².